The first kappa shape index (κ1) is 11.8. The molecule has 1 radical (unpaired) electrons. The van der Waals surface area contributed by atoms with Gasteiger partial charge < -0.3 is 0 Å². The van der Waals surface area contributed by atoms with Crippen LogP contribution in [0.5, 0.6) is 0 Å². The standard InChI is InChI=1S/C12H13ClF2N/c1-11(4-6-12(14,15)7-5-11)9-2-3-10(13)16-8-9/h2-3,8H,1,4-7H2. The van der Waals surface area contributed by atoms with Crippen LogP contribution in [0.25, 0.3) is 0 Å². The average molecular weight is 245 g/mol. The second-order valence-electron chi connectivity index (χ2n) is 4.51. The molecular weight excluding hydrogens is 232 g/mol. The number of nitrogens with zero attached hydrogens (tertiary/aromatic N) is 1. The Morgan fingerprint density at radius 1 is 1.19 bits per heavy atom. The van der Waals surface area contributed by atoms with E-state index < -0.39 is 11.3 Å². The van der Waals surface area contributed by atoms with E-state index in [0.29, 0.717) is 18.0 Å². The highest BCUT2D eigenvalue weighted by atomic mass is 35.5. The van der Waals surface area contributed by atoms with Gasteiger partial charge in [-0.1, -0.05) is 17.7 Å². The van der Waals surface area contributed by atoms with Crippen LogP contribution in [0, 0.1) is 6.92 Å². The second kappa shape index (κ2) is 3.95. The number of hydrogen-bond acceptors (Lipinski definition) is 1. The van der Waals surface area contributed by atoms with Crippen LogP contribution in [-0.4, -0.2) is 10.9 Å². The van der Waals surface area contributed by atoms with Crippen molar-refractivity contribution in [3.8, 4) is 0 Å². The minimum Gasteiger partial charge on any atom is -0.244 e. The highest BCUT2D eigenvalue weighted by Gasteiger charge is 2.41. The molecular formula is C12H13ClF2N. The lowest BCUT2D eigenvalue weighted by molar-refractivity contribution is -0.0466. The first-order valence-corrected chi connectivity index (χ1v) is 5.64. The molecule has 1 aromatic rings. The summed E-state index contributed by atoms with van der Waals surface area (Å²) >= 11 is 5.69. The molecule has 0 saturated heterocycles. The first-order chi connectivity index (χ1) is 7.41. The smallest absolute Gasteiger partial charge is 0.244 e. The molecule has 4 heteroatoms. The quantitative estimate of drug-likeness (QED) is 0.680. The summed E-state index contributed by atoms with van der Waals surface area (Å²) in [5.41, 5.74) is 0.464. The van der Waals surface area contributed by atoms with E-state index in [1.54, 1.807) is 12.3 Å². The van der Waals surface area contributed by atoms with Gasteiger partial charge in [0.2, 0.25) is 5.92 Å². The van der Waals surface area contributed by atoms with Crippen LogP contribution in [0.4, 0.5) is 8.78 Å². The normalized spacial score (nSPS) is 23.0. The lowest BCUT2D eigenvalue weighted by Crippen LogP contribution is -2.34. The Kier molecular flexibility index (Phi) is 2.91. The van der Waals surface area contributed by atoms with Crippen LogP contribution in [0.1, 0.15) is 31.2 Å². The number of aromatic nitrogens is 1. The van der Waals surface area contributed by atoms with Crippen LogP contribution in [0.15, 0.2) is 18.3 Å². The summed E-state index contributed by atoms with van der Waals surface area (Å²) in [6, 6.07) is 3.50. The molecule has 0 atom stereocenters. The molecule has 0 spiro atoms. The Morgan fingerprint density at radius 2 is 1.81 bits per heavy atom. The third-order valence-electron chi connectivity index (χ3n) is 3.28. The van der Waals surface area contributed by atoms with Crippen molar-refractivity contribution in [1.82, 2.24) is 4.98 Å². The zero-order valence-electron chi connectivity index (χ0n) is 8.85. The van der Waals surface area contributed by atoms with Gasteiger partial charge in [0, 0.05) is 19.0 Å². The van der Waals surface area contributed by atoms with Gasteiger partial charge in [-0.05, 0) is 36.8 Å². The summed E-state index contributed by atoms with van der Waals surface area (Å²) < 4.78 is 26.1. The molecule has 1 aromatic heterocycles. The monoisotopic (exact) mass is 244 g/mol. The molecule has 0 bridgehead atoms. The molecule has 87 valence electrons. The van der Waals surface area contributed by atoms with Crippen LogP contribution in [0.3, 0.4) is 0 Å². The van der Waals surface area contributed by atoms with Crippen molar-refractivity contribution in [3.63, 3.8) is 0 Å². The van der Waals surface area contributed by atoms with E-state index in [4.69, 9.17) is 11.6 Å². The Bertz CT molecular complexity index is 365. The lowest BCUT2D eigenvalue weighted by Gasteiger charge is -2.37. The molecule has 0 unspecified atom stereocenters. The van der Waals surface area contributed by atoms with Crippen molar-refractivity contribution in [3.05, 3.63) is 36.0 Å². The number of hydrogen-bond donors (Lipinski definition) is 0. The molecule has 1 aliphatic carbocycles. The molecule has 1 saturated carbocycles. The number of halogens is 3. The largest absolute Gasteiger partial charge is 0.248 e. The summed E-state index contributed by atoms with van der Waals surface area (Å²) in [5, 5.41) is 0.411. The molecule has 16 heavy (non-hydrogen) atoms. The minimum absolute atomic E-state index is 0.0981. The van der Waals surface area contributed by atoms with Crippen LogP contribution >= 0.6 is 11.6 Å². The van der Waals surface area contributed by atoms with Crippen molar-refractivity contribution < 1.29 is 8.78 Å². The van der Waals surface area contributed by atoms with E-state index in [0.717, 1.165) is 5.56 Å². The average Bonchev–Trinajstić information content (AvgIpc) is 2.24. The van der Waals surface area contributed by atoms with E-state index in [9.17, 15) is 8.78 Å². The van der Waals surface area contributed by atoms with E-state index in [-0.39, 0.29) is 12.8 Å². The van der Waals surface area contributed by atoms with Crippen LogP contribution in [0.2, 0.25) is 5.15 Å². The van der Waals surface area contributed by atoms with Crippen molar-refractivity contribution in [2.75, 3.05) is 0 Å². The van der Waals surface area contributed by atoms with Gasteiger partial charge in [0.05, 0.1) is 0 Å². The van der Waals surface area contributed by atoms with Gasteiger partial charge in [-0.3, -0.25) is 0 Å². The third-order valence-corrected chi connectivity index (χ3v) is 3.50. The molecule has 1 fully saturated rings. The highest BCUT2D eigenvalue weighted by molar-refractivity contribution is 6.29. The Balaban J connectivity index is 2.18. The molecule has 1 heterocycles. The fourth-order valence-corrected chi connectivity index (χ4v) is 2.18. The summed E-state index contributed by atoms with van der Waals surface area (Å²) in [6.45, 7) is 4.08. The highest BCUT2D eigenvalue weighted by Crippen LogP contribution is 2.44. The fourth-order valence-electron chi connectivity index (χ4n) is 2.07. The maximum atomic E-state index is 13.1. The Labute approximate surface area is 98.8 Å². The molecule has 0 aliphatic heterocycles. The molecule has 2 rings (SSSR count). The zero-order valence-corrected chi connectivity index (χ0v) is 9.60. The van der Waals surface area contributed by atoms with Gasteiger partial charge in [0.15, 0.2) is 0 Å². The van der Waals surface area contributed by atoms with E-state index in [2.05, 4.69) is 11.9 Å². The van der Waals surface area contributed by atoms with Gasteiger partial charge in [-0.15, -0.1) is 0 Å². The third kappa shape index (κ3) is 2.34. The molecule has 0 amide bonds. The van der Waals surface area contributed by atoms with Gasteiger partial charge >= 0.3 is 0 Å². The van der Waals surface area contributed by atoms with Crippen LogP contribution < -0.4 is 0 Å². The molecule has 0 N–H and O–H groups in total. The molecule has 1 aliphatic rings. The lowest BCUT2D eigenvalue weighted by atomic mass is 9.70. The summed E-state index contributed by atoms with van der Waals surface area (Å²) in [4.78, 5) is 3.97. The van der Waals surface area contributed by atoms with Gasteiger partial charge in [-0.25, -0.2) is 13.8 Å². The summed E-state index contributed by atoms with van der Waals surface area (Å²) in [5.74, 6) is -2.53. The number of rotatable bonds is 1. The predicted octanol–water partition coefficient (Wildman–Crippen LogP) is 4.02. The van der Waals surface area contributed by atoms with E-state index in [1.165, 1.54) is 0 Å². The number of alkyl halides is 2. The van der Waals surface area contributed by atoms with Crippen molar-refractivity contribution in [2.45, 2.75) is 37.0 Å². The van der Waals surface area contributed by atoms with Crippen molar-refractivity contribution >= 4 is 11.6 Å². The van der Waals surface area contributed by atoms with Crippen molar-refractivity contribution in [1.29, 1.82) is 0 Å². The number of pyridine rings is 1. The molecule has 0 aromatic carbocycles. The first-order valence-electron chi connectivity index (χ1n) is 5.27. The SMILES string of the molecule is [CH2]C1(c2ccc(Cl)nc2)CCC(F)(F)CC1. The maximum absolute atomic E-state index is 13.1. The van der Waals surface area contributed by atoms with Gasteiger partial charge in [0.25, 0.3) is 0 Å². The van der Waals surface area contributed by atoms with E-state index >= 15 is 0 Å². The molecule has 1 nitrogen and oxygen atoms in total. The van der Waals surface area contributed by atoms with Gasteiger partial charge in [0.1, 0.15) is 5.15 Å². The van der Waals surface area contributed by atoms with Crippen LogP contribution in [-0.2, 0) is 5.41 Å². The summed E-state index contributed by atoms with van der Waals surface area (Å²) in [6.07, 6.45) is 2.23. The summed E-state index contributed by atoms with van der Waals surface area (Å²) in [7, 11) is 0. The second-order valence-corrected chi connectivity index (χ2v) is 4.89. The topological polar surface area (TPSA) is 12.9 Å². The predicted molar refractivity (Wildman–Crippen MR) is 59.7 cm³/mol. The zero-order chi connectivity index (χ0) is 11.8. The maximum Gasteiger partial charge on any atom is 0.248 e. The minimum atomic E-state index is -2.53. The van der Waals surface area contributed by atoms with Gasteiger partial charge in [-0.2, -0.15) is 0 Å². The Hall–Kier alpha value is -0.700. The van der Waals surface area contributed by atoms with Crippen molar-refractivity contribution in [2.24, 2.45) is 0 Å². The fraction of sp³-hybridized carbons (Fsp3) is 0.500. The Morgan fingerprint density at radius 3 is 2.31 bits per heavy atom. The van der Waals surface area contributed by atoms with E-state index in [1.807, 2.05) is 6.07 Å².